The molecule has 2 aromatic rings. The van der Waals surface area contributed by atoms with E-state index in [4.69, 9.17) is 4.74 Å². The minimum Gasteiger partial charge on any atom is -0.368 e. The molecule has 1 aliphatic carbocycles. The standard InChI is InChI=1S/C24H24F4N2O4S/c25-16-10-15(20(26)17(12-16)14-4-2-1-3-5-14)11-18-21(29-35(32,33)23(27)28)24(7-8-24)13-30(18)22(31)19-6-9-34-19/h1-5,10,12,18-19,21,23,29H,6-9,11,13H2/t18-,19?,21+/m0/s1. The van der Waals surface area contributed by atoms with Crippen LogP contribution >= 0.6 is 0 Å². The topological polar surface area (TPSA) is 75.7 Å². The van der Waals surface area contributed by atoms with Crippen molar-refractivity contribution in [3.05, 3.63) is 59.7 Å². The third kappa shape index (κ3) is 4.45. The summed E-state index contributed by atoms with van der Waals surface area (Å²) in [5.41, 5.74) is -0.329. The van der Waals surface area contributed by atoms with Gasteiger partial charge in [-0.2, -0.15) is 8.78 Å². The second-order valence-electron chi connectivity index (χ2n) is 9.44. The van der Waals surface area contributed by atoms with Crippen LogP contribution in [0.1, 0.15) is 24.8 Å². The van der Waals surface area contributed by atoms with E-state index in [9.17, 15) is 26.4 Å². The Bertz CT molecular complexity index is 1230. The molecule has 3 fully saturated rings. The molecule has 2 aromatic carbocycles. The van der Waals surface area contributed by atoms with Crippen molar-refractivity contribution in [3.8, 4) is 11.1 Å². The number of nitrogens with zero attached hydrogens (tertiary/aromatic N) is 1. The number of alkyl halides is 2. The van der Waals surface area contributed by atoms with Crippen LogP contribution in [0.15, 0.2) is 42.5 Å². The molecule has 0 aromatic heterocycles. The molecular weight excluding hydrogens is 488 g/mol. The Balaban J connectivity index is 1.54. The highest BCUT2D eigenvalue weighted by molar-refractivity contribution is 7.89. The predicted octanol–water partition coefficient (Wildman–Crippen LogP) is 3.46. The van der Waals surface area contributed by atoms with Crippen molar-refractivity contribution in [3.63, 3.8) is 0 Å². The van der Waals surface area contributed by atoms with Crippen molar-refractivity contribution in [2.45, 2.75) is 49.6 Å². The van der Waals surface area contributed by atoms with Crippen molar-refractivity contribution in [2.75, 3.05) is 13.2 Å². The number of carbonyl (C=O) groups is 1. The fraction of sp³-hybridized carbons (Fsp3) is 0.458. The van der Waals surface area contributed by atoms with E-state index in [0.29, 0.717) is 31.4 Å². The minimum absolute atomic E-state index is 0.0182. The summed E-state index contributed by atoms with van der Waals surface area (Å²) >= 11 is 0. The largest absolute Gasteiger partial charge is 0.368 e. The molecule has 3 atom stereocenters. The molecule has 2 saturated heterocycles. The van der Waals surface area contributed by atoms with Crippen LogP contribution in [0.4, 0.5) is 17.6 Å². The second-order valence-corrected chi connectivity index (χ2v) is 11.1. The summed E-state index contributed by atoms with van der Waals surface area (Å²) in [6.07, 6.45) is 0.567. The van der Waals surface area contributed by atoms with Gasteiger partial charge in [0.05, 0.1) is 12.6 Å². The van der Waals surface area contributed by atoms with Gasteiger partial charge in [0, 0.05) is 30.0 Å². The molecule has 2 aliphatic heterocycles. The lowest BCUT2D eigenvalue weighted by Crippen LogP contribution is -2.53. The predicted molar refractivity (Wildman–Crippen MR) is 119 cm³/mol. The normalized spacial score (nSPS) is 25.2. The molecule has 1 unspecified atom stereocenters. The lowest BCUT2D eigenvalue weighted by molar-refractivity contribution is -0.157. The lowest BCUT2D eigenvalue weighted by Gasteiger charge is -2.34. The number of hydrogen-bond acceptors (Lipinski definition) is 4. The first-order chi connectivity index (χ1) is 16.6. The molecule has 6 nitrogen and oxygen atoms in total. The van der Waals surface area contributed by atoms with Crippen molar-refractivity contribution in [1.82, 2.24) is 9.62 Å². The summed E-state index contributed by atoms with van der Waals surface area (Å²) < 4.78 is 88.3. The number of benzene rings is 2. The van der Waals surface area contributed by atoms with E-state index in [0.717, 1.165) is 12.1 Å². The van der Waals surface area contributed by atoms with Crippen molar-refractivity contribution in [2.24, 2.45) is 5.41 Å². The highest BCUT2D eigenvalue weighted by Crippen LogP contribution is 2.56. The van der Waals surface area contributed by atoms with E-state index in [1.54, 1.807) is 30.3 Å². The quantitative estimate of drug-likeness (QED) is 0.577. The van der Waals surface area contributed by atoms with Crippen LogP contribution in [-0.4, -0.2) is 56.3 Å². The SMILES string of the molecule is O=C(C1CCO1)N1CC2(CC2)[C@H](NS(=O)(=O)C(F)F)[C@@H]1Cc1cc(F)cc(-c2ccccc2)c1F. The summed E-state index contributed by atoms with van der Waals surface area (Å²) in [5.74, 6) is -5.47. The summed E-state index contributed by atoms with van der Waals surface area (Å²) in [6, 6.07) is 8.37. The Hall–Kier alpha value is -2.50. The van der Waals surface area contributed by atoms with Crippen LogP contribution in [-0.2, 0) is 26.0 Å². The lowest BCUT2D eigenvalue weighted by atomic mass is 9.91. The average Bonchev–Trinajstić information content (AvgIpc) is 3.50. The summed E-state index contributed by atoms with van der Waals surface area (Å²) in [7, 11) is -4.99. The molecule has 1 saturated carbocycles. The maximum absolute atomic E-state index is 15.6. The number of sulfonamides is 1. The van der Waals surface area contributed by atoms with E-state index in [1.165, 1.54) is 4.90 Å². The molecule has 3 aliphatic rings. The number of carbonyl (C=O) groups excluding carboxylic acids is 1. The maximum Gasteiger partial charge on any atom is 0.350 e. The average molecular weight is 513 g/mol. The van der Waals surface area contributed by atoms with E-state index in [2.05, 4.69) is 4.72 Å². The van der Waals surface area contributed by atoms with Gasteiger partial charge in [-0.3, -0.25) is 4.79 Å². The number of rotatable bonds is 7. The molecule has 188 valence electrons. The first-order valence-electron chi connectivity index (χ1n) is 11.4. The first-order valence-corrected chi connectivity index (χ1v) is 12.9. The molecule has 35 heavy (non-hydrogen) atoms. The van der Waals surface area contributed by atoms with Crippen LogP contribution in [0.5, 0.6) is 0 Å². The number of halogens is 4. The number of ether oxygens (including phenoxy) is 1. The molecule has 0 radical (unpaired) electrons. The highest BCUT2D eigenvalue weighted by Gasteiger charge is 2.62. The van der Waals surface area contributed by atoms with Crippen LogP contribution in [0.3, 0.4) is 0 Å². The van der Waals surface area contributed by atoms with Gasteiger partial charge in [0.1, 0.15) is 17.7 Å². The molecule has 1 spiro atoms. The zero-order valence-corrected chi connectivity index (χ0v) is 19.4. The van der Waals surface area contributed by atoms with Gasteiger partial charge in [0.15, 0.2) is 0 Å². The Morgan fingerprint density at radius 2 is 1.86 bits per heavy atom. The summed E-state index contributed by atoms with van der Waals surface area (Å²) in [4.78, 5) is 14.5. The molecule has 2 heterocycles. The van der Waals surface area contributed by atoms with Crippen molar-refractivity contribution in [1.29, 1.82) is 0 Å². The van der Waals surface area contributed by atoms with Crippen molar-refractivity contribution < 1.29 is 35.5 Å². The smallest absolute Gasteiger partial charge is 0.350 e. The Morgan fingerprint density at radius 3 is 2.43 bits per heavy atom. The number of nitrogens with one attached hydrogen (secondary N) is 1. The Kier molecular flexibility index (Phi) is 6.13. The highest BCUT2D eigenvalue weighted by atomic mass is 32.2. The third-order valence-corrected chi connectivity index (χ3v) is 8.28. The minimum atomic E-state index is -4.99. The van der Waals surface area contributed by atoms with E-state index < -0.39 is 56.9 Å². The first kappa shape index (κ1) is 24.2. The molecule has 1 N–H and O–H groups in total. The molecule has 11 heteroatoms. The van der Waals surface area contributed by atoms with Gasteiger partial charge in [0.2, 0.25) is 0 Å². The van der Waals surface area contributed by atoms with Gasteiger partial charge in [0.25, 0.3) is 15.9 Å². The second kappa shape index (κ2) is 8.86. The van der Waals surface area contributed by atoms with E-state index in [-0.39, 0.29) is 24.1 Å². The van der Waals surface area contributed by atoms with Gasteiger partial charge in [-0.05, 0) is 42.5 Å². The van der Waals surface area contributed by atoms with Crippen LogP contribution in [0.25, 0.3) is 11.1 Å². The van der Waals surface area contributed by atoms with Gasteiger partial charge >= 0.3 is 5.76 Å². The molecule has 0 bridgehead atoms. The van der Waals surface area contributed by atoms with Gasteiger partial charge in [-0.25, -0.2) is 21.9 Å². The van der Waals surface area contributed by atoms with Crippen LogP contribution in [0.2, 0.25) is 0 Å². The zero-order chi connectivity index (χ0) is 25.0. The fourth-order valence-electron chi connectivity index (χ4n) is 5.14. The van der Waals surface area contributed by atoms with Gasteiger partial charge in [-0.1, -0.05) is 30.3 Å². The Labute approximate surface area is 200 Å². The van der Waals surface area contributed by atoms with Crippen molar-refractivity contribution >= 4 is 15.9 Å². The molecule has 1 amide bonds. The molecule has 5 rings (SSSR count). The maximum atomic E-state index is 15.6. The molecular formula is C24H24F4N2O4S. The number of likely N-dealkylation sites (tertiary alicyclic amines) is 1. The van der Waals surface area contributed by atoms with Crippen LogP contribution < -0.4 is 4.72 Å². The van der Waals surface area contributed by atoms with E-state index in [1.807, 2.05) is 0 Å². The monoisotopic (exact) mass is 512 g/mol. The Morgan fingerprint density at radius 1 is 1.17 bits per heavy atom. The number of amides is 1. The summed E-state index contributed by atoms with van der Waals surface area (Å²) in [5, 5.41) is 0. The van der Waals surface area contributed by atoms with Crippen LogP contribution in [0, 0.1) is 17.0 Å². The van der Waals surface area contributed by atoms with Gasteiger partial charge in [-0.15, -0.1) is 0 Å². The zero-order valence-electron chi connectivity index (χ0n) is 18.6. The third-order valence-electron chi connectivity index (χ3n) is 7.23. The number of hydrogen-bond donors (Lipinski definition) is 1. The fourth-order valence-corrected chi connectivity index (χ4v) is 6.00. The summed E-state index contributed by atoms with van der Waals surface area (Å²) in [6.45, 7) is 0.537. The van der Waals surface area contributed by atoms with E-state index >= 15 is 4.39 Å². The van der Waals surface area contributed by atoms with Gasteiger partial charge < -0.3 is 9.64 Å².